The molecule has 0 unspecified atom stereocenters. The first-order chi connectivity index (χ1) is 20.9. The predicted molar refractivity (Wildman–Crippen MR) is 169 cm³/mol. The highest BCUT2D eigenvalue weighted by Crippen LogP contribution is 2.37. The van der Waals surface area contributed by atoms with Crippen molar-refractivity contribution in [3.8, 4) is 17.2 Å². The summed E-state index contributed by atoms with van der Waals surface area (Å²) in [6, 6.07) is 28.6. The smallest absolute Gasteiger partial charge is 0.331 e. The summed E-state index contributed by atoms with van der Waals surface area (Å²) in [6.07, 6.45) is 4.56. The van der Waals surface area contributed by atoms with E-state index in [1.54, 1.807) is 19.2 Å². The van der Waals surface area contributed by atoms with Crippen molar-refractivity contribution in [2.45, 2.75) is 40.2 Å². The fraction of sp³-hybridized carbons (Fsp3) is 0.162. The van der Waals surface area contributed by atoms with Gasteiger partial charge in [-0.3, -0.25) is 9.78 Å². The number of benzene rings is 4. The Balaban J connectivity index is 1.58. The third-order valence-corrected chi connectivity index (χ3v) is 7.33. The third-order valence-electron chi connectivity index (χ3n) is 7.33. The van der Waals surface area contributed by atoms with Crippen LogP contribution in [-0.2, 0) is 24.2 Å². The van der Waals surface area contributed by atoms with E-state index in [1.165, 1.54) is 0 Å². The number of aromatic nitrogens is 1. The van der Waals surface area contributed by atoms with Crippen LogP contribution in [0.25, 0.3) is 17.0 Å². The molecule has 216 valence electrons. The zero-order valence-corrected chi connectivity index (χ0v) is 24.5. The van der Waals surface area contributed by atoms with Gasteiger partial charge in [0.15, 0.2) is 5.78 Å². The van der Waals surface area contributed by atoms with E-state index in [9.17, 15) is 14.7 Å². The molecule has 0 aliphatic rings. The summed E-state index contributed by atoms with van der Waals surface area (Å²) in [5, 5.41) is 9.99. The van der Waals surface area contributed by atoms with E-state index in [0.717, 1.165) is 22.3 Å². The number of aryl methyl sites for hydroxylation is 2. The topological polar surface area (TPSA) is 85.7 Å². The minimum atomic E-state index is -0.968. The van der Waals surface area contributed by atoms with Crippen molar-refractivity contribution in [3.05, 3.63) is 136 Å². The van der Waals surface area contributed by atoms with Crippen LogP contribution in [0.1, 0.15) is 58.9 Å². The number of nitrogens with zero attached hydrogens (tertiary/aromatic N) is 1. The Bertz CT molecular complexity index is 1820. The molecule has 0 aliphatic heterocycles. The molecule has 0 radical (unpaired) electrons. The minimum absolute atomic E-state index is 0.166. The Kier molecular flexibility index (Phi) is 8.96. The van der Waals surface area contributed by atoms with Crippen LogP contribution >= 0.6 is 0 Å². The quantitative estimate of drug-likeness (QED) is 0.126. The molecular weight excluding hydrogens is 538 g/mol. The highest BCUT2D eigenvalue weighted by Gasteiger charge is 2.22. The number of rotatable bonds is 11. The molecule has 43 heavy (non-hydrogen) atoms. The number of hydrogen-bond acceptors (Lipinski definition) is 5. The van der Waals surface area contributed by atoms with Crippen LogP contribution in [-0.4, -0.2) is 21.8 Å². The minimum Gasteiger partial charge on any atom is -0.489 e. The summed E-state index contributed by atoms with van der Waals surface area (Å²) in [5.74, 6) is 0.521. The first-order valence-electron chi connectivity index (χ1n) is 14.3. The van der Waals surface area contributed by atoms with Gasteiger partial charge in [0.1, 0.15) is 23.9 Å². The average Bonchev–Trinajstić information content (AvgIpc) is 3.04. The molecule has 1 aromatic heterocycles. The van der Waals surface area contributed by atoms with Gasteiger partial charge in [0.05, 0.1) is 11.1 Å². The van der Waals surface area contributed by atoms with E-state index in [4.69, 9.17) is 9.47 Å². The van der Waals surface area contributed by atoms with Crippen LogP contribution < -0.4 is 9.47 Å². The fourth-order valence-corrected chi connectivity index (χ4v) is 4.93. The van der Waals surface area contributed by atoms with E-state index in [-0.39, 0.29) is 11.4 Å². The van der Waals surface area contributed by atoms with Crippen molar-refractivity contribution in [1.29, 1.82) is 0 Å². The van der Waals surface area contributed by atoms with Crippen LogP contribution in [0.4, 0.5) is 0 Å². The van der Waals surface area contributed by atoms with Crippen LogP contribution in [0.3, 0.4) is 0 Å². The molecule has 0 fully saturated rings. The van der Waals surface area contributed by atoms with Crippen molar-refractivity contribution in [2.75, 3.05) is 0 Å². The van der Waals surface area contributed by atoms with E-state index in [2.05, 4.69) is 4.98 Å². The molecule has 0 aliphatic carbocycles. The first-order valence-corrected chi connectivity index (χ1v) is 14.3. The molecule has 6 nitrogen and oxygen atoms in total. The lowest BCUT2D eigenvalue weighted by molar-refractivity contribution is -0.132. The molecule has 1 heterocycles. The average molecular weight is 572 g/mol. The second kappa shape index (κ2) is 13.2. The number of carbonyl (C=O) groups is 2. The fourth-order valence-electron chi connectivity index (χ4n) is 4.93. The van der Waals surface area contributed by atoms with E-state index >= 15 is 0 Å². The zero-order valence-electron chi connectivity index (χ0n) is 24.5. The molecule has 6 heteroatoms. The Morgan fingerprint density at radius 3 is 2.33 bits per heavy atom. The maximum atomic E-state index is 14.0. The number of carboxylic acids is 1. The van der Waals surface area contributed by atoms with Crippen LogP contribution in [0.5, 0.6) is 17.2 Å². The summed E-state index contributed by atoms with van der Waals surface area (Å²) in [5.41, 5.74) is 5.49. The molecule has 1 N–H and O–H groups in total. The summed E-state index contributed by atoms with van der Waals surface area (Å²) in [4.78, 5) is 30.0. The molecule has 0 saturated carbocycles. The third kappa shape index (κ3) is 6.65. The van der Waals surface area contributed by atoms with Crippen LogP contribution in [0.15, 0.2) is 103 Å². The number of carboxylic acid groups (broad SMARTS) is 1. The second-order valence-corrected chi connectivity index (χ2v) is 10.2. The van der Waals surface area contributed by atoms with Crippen molar-refractivity contribution in [1.82, 2.24) is 4.98 Å². The lowest BCUT2D eigenvalue weighted by atomic mass is 9.96. The molecule has 0 amide bonds. The van der Waals surface area contributed by atoms with Gasteiger partial charge in [-0.1, -0.05) is 74.5 Å². The van der Waals surface area contributed by atoms with E-state index in [0.29, 0.717) is 58.7 Å². The SMILES string of the molecule is CCc1cc(/C=C(\C)C(=O)O)ccc1Oc1c(C(=O)c2ccccc2CC)cnc2cc(OCc3ccccc3)ccc12. The molecule has 5 rings (SSSR count). The van der Waals surface area contributed by atoms with Gasteiger partial charge in [0.25, 0.3) is 0 Å². The molecule has 0 spiro atoms. The van der Waals surface area contributed by atoms with Gasteiger partial charge in [0.2, 0.25) is 0 Å². The summed E-state index contributed by atoms with van der Waals surface area (Å²) in [6.45, 7) is 6.01. The van der Waals surface area contributed by atoms with Crippen LogP contribution in [0.2, 0.25) is 0 Å². The standard InChI is InChI=1S/C37H33NO5/c1-4-27-13-9-10-14-30(27)35(39)32-22-38-33-21-29(42-23-25-11-7-6-8-12-25)16-17-31(33)36(32)43-34-18-15-26(20-28(34)5-2)19-24(3)37(40)41/h6-22H,4-5,23H2,1-3H3,(H,40,41)/b24-19+. The highest BCUT2D eigenvalue weighted by molar-refractivity contribution is 6.14. The molecular formula is C37H33NO5. The Morgan fingerprint density at radius 2 is 1.58 bits per heavy atom. The van der Waals surface area contributed by atoms with Gasteiger partial charge in [-0.2, -0.15) is 0 Å². The van der Waals surface area contributed by atoms with Crippen molar-refractivity contribution in [3.63, 3.8) is 0 Å². The molecule has 0 saturated heterocycles. The first kappa shape index (κ1) is 29.3. The number of pyridine rings is 1. The Labute approximate surface area is 251 Å². The summed E-state index contributed by atoms with van der Waals surface area (Å²) < 4.78 is 12.6. The normalized spacial score (nSPS) is 11.4. The van der Waals surface area contributed by atoms with Gasteiger partial charge in [0, 0.05) is 28.8 Å². The molecule has 0 atom stereocenters. The Hall–Kier alpha value is -5.23. The molecule has 4 aromatic carbocycles. The number of hydrogen-bond donors (Lipinski definition) is 1. The number of fused-ring (bicyclic) bond motifs is 1. The van der Waals surface area contributed by atoms with Crippen molar-refractivity contribution in [2.24, 2.45) is 0 Å². The summed E-state index contributed by atoms with van der Waals surface area (Å²) >= 11 is 0. The predicted octanol–water partition coefficient (Wildman–Crippen LogP) is 8.45. The van der Waals surface area contributed by atoms with Gasteiger partial charge in [-0.05, 0) is 72.4 Å². The molecule has 0 bridgehead atoms. The Morgan fingerprint density at radius 1 is 0.837 bits per heavy atom. The number of aliphatic carboxylic acids is 1. The van der Waals surface area contributed by atoms with Crippen molar-refractivity contribution >= 4 is 28.7 Å². The molecule has 5 aromatic rings. The number of ketones is 1. The number of ether oxygens (including phenoxy) is 2. The highest BCUT2D eigenvalue weighted by atomic mass is 16.5. The van der Waals surface area contributed by atoms with Gasteiger partial charge in [-0.25, -0.2) is 4.79 Å². The van der Waals surface area contributed by atoms with E-state index in [1.807, 2.05) is 105 Å². The lowest BCUT2D eigenvalue weighted by Crippen LogP contribution is -2.08. The maximum absolute atomic E-state index is 14.0. The largest absolute Gasteiger partial charge is 0.489 e. The lowest BCUT2D eigenvalue weighted by Gasteiger charge is -2.17. The van der Waals surface area contributed by atoms with Gasteiger partial charge < -0.3 is 14.6 Å². The monoisotopic (exact) mass is 571 g/mol. The van der Waals surface area contributed by atoms with Crippen LogP contribution in [0, 0.1) is 0 Å². The summed E-state index contributed by atoms with van der Waals surface area (Å²) in [7, 11) is 0. The zero-order chi connectivity index (χ0) is 30.3. The maximum Gasteiger partial charge on any atom is 0.331 e. The van der Waals surface area contributed by atoms with Gasteiger partial charge in [-0.15, -0.1) is 0 Å². The van der Waals surface area contributed by atoms with Crippen molar-refractivity contribution < 1.29 is 24.2 Å². The van der Waals surface area contributed by atoms with Gasteiger partial charge >= 0.3 is 5.97 Å². The number of carbonyl (C=O) groups excluding carboxylic acids is 1. The van der Waals surface area contributed by atoms with E-state index < -0.39 is 5.97 Å². The second-order valence-electron chi connectivity index (χ2n) is 10.2.